The summed E-state index contributed by atoms with van der Waals surface area (Å²) in [5.74, 6) is 1.91. The molecule has 0 spiro atoms. The zero-order chi connectivity index (χ0) is 16.1. The summed E-state index contributed by atoms with van der Waals surface area (Å²) in [6.07, 6.45) is 4.39. The van der Waals surface area contributed by atoms with Gasteiger partial charge in [0.25, 0.3) is 0 Å². The Morgan fingerprint density at radius 2 is 2.13 bits per heavy atom. The number of aryl methyl sites for hydroxylation is 1. The zero-order valence-corrected chi connectivity index (χ0v) is 14.9. The highest BCUT2D eigenvalue weighted by Crippen LogP contribution is 2.23. The highest BCUT2D eigenvalue weighted by atomic mass is 32.1. The molecule has 0 unspecified atom stereocenters. The Morgan fingerprint density at radius 3 is 2.74 bits per heavy atom. The van der Waals surface area contributed by atoms with Crippen molar-refractivity contribution < 1.29 is 0 Å². The van der Waals surface area contributed by atoms with Crippen molar-refractivity contribution in [2.24, 2.45) is 5.92 Å². The average molecular weight is 331 g/mol. The summed E-state index contributed by atoms with van der Waals surface area (Å²) in [6, 6.07) is 6.17. The first-order chi connectivity index (χ1) is 11.2. The summed E-state index contributed by atoms with van der Waals surface area (Å²) in [7, 11) is 0. The fourth-order valence-corrected chi connectivity index (χ4v) is 3.87. The zero-order valence-electron chi connectivity index (χ0n) is 14.1. The summed E-state index contributed by atoms with van der Waals surface area (Å²) < 4.78 is 0. The predicted octanol–water partition coefficient (Wildman–Crippen LogP) is 3.59. The lowest BCUT2D eigenvalue weighted by atomic mass is 9.96. The number of pyridine rings is 1. The molecule has 0 aliphatic carbocycles. The normalized spacial score (nSPS) is 16.2. The topological polar surface area (TPSA) is 32.3 Å². The van der Waals surface area contributed by atoms with Crippen LogP contribution in [0.15, 0.2) is 29.8 Å². The van der Waals surface area contributed by atoms with E-state index in [1.54, 1.807) is 11.3 Å². The minimum absolute atomic E-state index is 0.787. The SMILES string of the molecule is CCN(Cc1csc(C)n1)CC1CCN(c2ccccn2)CC1. The molecular weight excluding hydrogens is 304 g/mol. The molecule has 0 saturated carbocycles. The summed E-state index contributed by atoms with van der Waals surface area (Å²) in [4.78, 5) is 14.0. The number of aromatic nitrogens is 2. The molecule has 0 N–H and O–H groups in total. The Morgan fingerprint density at radius 1 is 1.30 bits per heavy atom. The van der Waals surface area contributed by atoms with Gasteiger partial charge in [-0.25, -0.2) is 9.97 Å². The van der Waals surface area contributed by atoms with Gasteiger partial charge in [0.05, 0.1) is 10.7 Å². The maximum Gasteiger partial charge on any atom is 0.128 e. The van der Waals surface area contributed by atoms with Gasteiger partial charge in [-0.1, -0.05) is 13.0 Å². The molecule has 3 heterocycles. The van der Waals surface area contributed by atoms with Crippen LogP contribution in [-0.4, -0.2) is 41.0 Å². The molecule has 0 aromatic carbocycles. The first-order valence-electron chi connectivity index (χ1n) is 8.54. The van der Waals surface area contributed by atoms with Crippen molar-refractivity contribution in [3.63, 3.8) is 0 Å². The van der Waals surface area contributed by atoms with Gasteiger partial charge in [-0.15, -0.1) is 11.3 Å². The predicted molar refractivity (Wildman–Crippen MR) is 97.0 cm³/mol. The second kappa shape index (κ2) is 7.88. The van der Waals surface area contributed by atoms with Crippen molar-refractivity contribution in [2.45, 2.75) is 33.2 Å². The molecule has 2 aromatic heterocycles. The van der Waals surface area contributed by atoms with Crippen molar-refractivity contribution in [1.82, 2.24) is 14.9 Å². The van der Waals surface area contributed by atoms with Crippen LogP contribution in [0, 0.1) is 12.8 Å². The van der Waals surface area contributed by atoms with Gasteiger partial charge in [-0.3, -0.25) is 4.90 Å². The largest absolute Gasteiger partial charge is 0.357 e. The first kappa shape index (κ1) is 16.4. The highest BCUT2D eigenvalue weighted by Gasteiger charge is 2.22. The van der Waals surface area contributed by atoms with Crippen LogP contribution in [0.5, 0.6) is 0 Å². The highest BCUT2D eigenvalue weighted by molar-refractivity contribution is 7.09. The molecule has 1 aliphatic heterocycles. The van der Waals surface area contributed by atoms with Gasteiger partial charge in [0.1, 0.15) is 5.82 Å². The number of piperidine rings is 1. The fraction of sp³-hybridized carbons (Fsp3) is 0.556. The molecular formula is C18H26N4S. The molecule has 23 heavy (non-hydrogen) atoms. The Balaban J connectivity index is 1.49. The first-order valence-corrected chi connectivity index (χ1v) is 9.42. The van der Waals surface area contributed by atoms with E-state index in [2.05, 4.69) is 51.1 Å². The van der Waals surface area contributed by atoms with Crippen molar-refractivity contribution in [2.75, 3.05) is 31.1 Å². The Kier molecular flexibility index (Phi) is 5.62. The third kappa shape index (κ3) is 4.52. The van der Waals surface area contributed by atoms with E-state index in [0.717, 1.165) is 37.9 Å². The van der Waals surface area contributed by atoms with Crippen molar-refractivity contribution in [3.8, 4) is 0 Å². The molecule has 4 nitrogen and oxygen atoms in total. The summed E-state index contributed by atoms with van der Waals surface area (Å²) in [5, 5.41) is 3.36. The van der Waals surface area contributed by atoms with E-state index in [0.29, 0.717) is 0 Å². The van der Waals surface area contributed by atoms with Gasteiger partial charge in [-0.05, 0) is 44.4 Å². The third-order valence-electron chi connectivity index (χ3n) is 4.60. The fourth-order valence-electron chi connectivity index (χ4n) is 3.27. The summed E-state index contributed by atoms with van der Waals surface area (Å²) >= 11 is 1.75. The standard InChI is InChI=1S/C18H26N4S/c1-3-21(13-17-14-23-15(2)20-17)12-16-7-10-22(11-8-16)18-6-4-5-9-19-18/h4-6,9,14,16H,3,7-8,10-13H2,1-2H3. The number of nitrogens with zero attached hydrogens (tertiary/aromatic N) is 4. The van der Waals surface area contributed by atoms with Gasteiger partial charge in [0.15, 0.2) is 0 Å². The smallest absolute Gasteiger partial charge is 0.128 e. The summed E-state index contributed by atoms with van der Waals surface area (Å²) in [5.41, 5.74) is 1.22. The van der Waals surface area contributed by atoms with E-state index >= 15 is 0 Å². The van der Waals surface area contributed by atoms with Crippen molar-refractivity contribution in [1.29, 1.82) is 0 Å². The van der Waals surface area contributed by atoms with E-state index in [1.165, 1.54) is 30.1 Å². The van der Waals surface area contributed by atoms with E-state index in [1.807, 2.05) is 12.3 Å². The van der Waals surface area contributed by atoms with E-state index in [9.17, 15) is 0 Å². The number of hydrogen-bond acceptors (Lipinski definition) is 5. The number of rotatable bonds is 6. The molecule has 0 atom stereocenters. The van der Waals surface area contributed by atoms with E-state index < -0.39 is 0 Å². The molecule has 1 fully saturated rings. The summed E-state index contributed by atoms with van der Waals surface area (Å²) in [6.45, 7) is 9.84. The molecule has 1 aliphatic rings. The second-order valence-corrected chi connectivity index (χ2v) is 7.37. The lowest BCUT2D eigenvalue weighted by Crippen LogP contribution is -2.39. The van der Waals surface area contributed by atoms with Crippen LogP contribution in [0.25, 0.3) is 0 Å². The number of anilines is 1. The van der Waals surface area contributed by atoms with Crippen LogP contribution in [0.3, 0.4) is 0 Å². The average Bonchev–Trinajstić information content (AvgIpc) is 3.00. The quantitative estimate of drug-likeness (QED) is 0.810. The van der Waals surface area contributed by atoms with Gasteiger partial charge in [-0.2, -0.15) is 0 Å². The molecule has 0 radical (unpaired) electrons. The maximum atomic E-state index is 4.60. The van der Waals surface area contributed by atoms with Gasteiger partial charge < -0.3 is 4.90 Å². The minimum Gasteiger partial charge on any atom is -0.357 e. The molecule has 2 aromatic rings. The third-order valence-corrected chi connectivity index (χ3v) is 5.43. The van der Waals surface area contributed by atoms with Crippen LogP contribution >= 0.6 is 11.3 Å². The monoisotopic (exact) mass is 330 g/mol. The van der Waals surface area contributed by atoms with Gasteiger partial charge in [0, 0.05) is 37.8 Å². The lowest BCUT2D eigenvalue weighted by molar-refractivity contribution is 0.211. The maximum absolute atomic E-state index is 4.60. The number of thiazole rings is 1. The minimum atomic E-state index is 0.787. The molecule has 0 amide bonds. The Labute approximate surface area is 143 Å². The molecule has 5 heteroatoms. The Hall–Kier alpha value is -1.46. The number of hydrogen-bond donors (Lipinski definition) is 0. The lowest BCUT2D eigenvalue weighted by Gasteiger charge is -2.35. The van der Waals surface area contributed by atoms with Crippen LogP contribution in [-0.2, 0) is 6.54 Å². The van der Waals surface area contributed by atoms with Gasteiger partial charge in [0.2, 0.25) is 0 Å². The van der Waals surface area contributed by atoms with E-state index in [-0.39, 0.29) is 0 Å². The van der Waals surface area contributed by atoms with Crippen LogP contribution in [0.4, 0.5) is 5.82 Å². The van der Waals surface area contributed by atoms with Crippen molar-refractivity contribution in [3.05, 3.63) is 40.5 Å². The van der Waals surface area contributed by atoms with Crippen LogP contribution in [0.1, 0.15) is 30.5 Å². The van der Waals surface area contributed by atoms with Crippen LogP contribution < -0.4 is 4.90 Å². The second-order valence-electron chi connectivity index (χ2n) is 6.30. The molecule has 124 valence electrons. The molecule has 3 rings (SSSR count). The van der Waals surface area contributed by atoms with E-state index in [4.69, 9.17) is 0 Å². The van der Waals surface area contributed by atoms with Crippen LogP contribution in [0.2, 0.25) is 0 Å². The molecule has 1 saturated heterocycles. The van der Waals surface area contributed by atoms with Crippen molar-refractivity contribution >= 4 is 17.2 Å². The van der Waals surface area contributed by atoms with Gasteiger partial charge >= 0.3 is 0 Å². The molecule has 0 bridgehead atoms. The Bertz CT molecular complexity index is 590.